The van der Waals surface area contributed by atoms with E-state index in [0.29, 0.717) is 0 Å². The van der Waals surface area contributed by atoms with E-state index in [1.54, 1.807) is 0 Å². The summed E-state index contributed by atoms with van der Waals surface area (Å²) in [5.74, 6) is 0. The normalized spacial score (nSPS) is 11.8. The Kier molecular flexibility index (Phi) is 4.32. The second-order valence-corrected chi connectivity index (χ2v) is 7.58. The van der Waals surface area contributed by atoms with E-state index in [0.717, 1.165) is 28.2 Å². The van der Waals surface area contributed by atoms with Crippen LogP contribution < -0.4 is 4.72 Å². The molecule has 0 saturated carbocycles. The number of benzene rings is 2. The van der Waals surface area contributed by atoms with Gasteiger partial charge in [-0.3, -0.25) is 10.1 Å². The van der Waals surface area contributed by atoms with Crippen LogP contribution in [0.4, 0.5) is 5.69 Å². The van der Waals surface area contributed by atoms with Crippen LogP contribution in [0.2, 0.25) is 0 Å². The molecule has 0 spiro atoms. The van der Waals surface area contributed by atoms with Gasteiger partial charge in [0.1, 0.15) is 0 Å². The van der Waals surface area contributed by atoms with Gasteiger partial charge >= 0.3 is 0 Å². The fourth-order valence-electron chi connectivity index (χ4n) is 2.67. The molecule has 25 heavy (non-hydrogen) atoms. The number of hydrogen-bond acceptors (Lipinski definition) is 4. The van der Waals surface area contributed by atoms with Crippen LogP contribution in [0.1, 0.15) is 11.3 Å². The smallest absolute Gasteiger partial charge is 0.270 e. The molecule has 0 radical (unpaired) electrons. The van der Waals surface area contributed by atoms with Crippen molar-refractivity contribution in [1.82, 2.24) is 9.29 Å². The van der Waals surface area contributed by atoms with Gasteiger partial charge in [-0.25, -0.2) is 13.1 Å². The van der Waals surface area contributed by atoms with Crippen molar-refractivity contribution in [2.75, 3.05) is 0 Å². The highest BCUT2D eigenvalue weighted by molar-refractivity contribution is 7.89. The maximum absolute atomic E-state index is 12.4. The van der Waals surface area contributed by atoms with Crippen LogP contribution in [0.5, 0.6) is 0 Å². The molecule has 7 nitrogen and oxygen atoms in total. The van der Waals surface area contributed by atoms with Gasteiger partial charge in [0.2, 0.25) is 10.0 Å². The van der Waals surface area contributed by atoms with Gasteiger partial charge in [0, 0.05) is 42.3 Å². The van der Waals surface area contributed by atoms with Crippen molar-refractivity contribution in [3.8, 4) is 0 Å². The zero-order chi connectivity index (χ0) is 18.2. The summed E-state index contributed by atoms with van der Waals surface area (Å²) < 4.78 is 29.3. The minimum absolute atomic E-state index is 0.106. The number of nitrogens with one attached hydrogen (secondary N) is 1. The van der Waals surface area contributed by atoms with Crippen molar-refractivity contribution in [2.45, 2.75) is 18.4 Å². The highest BCUT2D eigenvalue weighted by Crippen LogP contribution is 2.21. The average molecular weight is 359 g/mol. The van der Waals surface area contributed by atoms with E-state index < -0.39 is 14.9 Å². The molecule has 0 aliphatic carbocycles. The molecule has 0 bridgehead atoms. The van der Waals surface area contributed by atoms with Gasteiger partial charge < -0.3 is 4.57 Å². The standard InChI is InChI=1S/C17H17N3O4S/c1-12-8-14-9-13(6-7-17(14)19(12)2)11-18-25(23,24)16-5-3-4-15(10-16)20(21)22/h3-10,18H,11H2,1-2H3. The van der Waals surface area contributed by atoms with E-state index in [4.69, 9.17) is 0 Å². The molecule has 130 valence electrons. The number of aryl methyl sites for hydroxylation is 2. The first-order chi connectivity index (χ1) is 11.8. The van der Waals surface area contributed by atoms with Crippen LogP contribution in [0.25, 0.3) is 10.9 Å². The summed E-state index contributed by atoms with van der Waals surface area (Å²) >= 11 is 0. The molecule has 2 aromatic carbocycles. The van der Waals surface area contributed by atoms with Crippen molar-refractivity contribution in [3.63, 3.8) is 0 Å². The van der Waals surface area contributed by atoms with Crippen LogP contribution in [0.15, 0.2) is 53.4 Å². The van der Waals surface area contributed by atoms with Crippen molar-refractivity contribution >= 4 is 26.6 Å². The molecule has 1 heterocycles. The molecule has 3 aromatic rings. The van der Waals surface area contributed by atoms with E-state index in [1.807, 2.05) is 38.2 Å². The number of nitro groups is 1. The Morgan fingerprint density at radius 2 is 1.92 bits per heavy atom. The van der Waals surface area contributed by atoms with Gasteiger partial charge in [-0.05, 0) is 36.8 Å². The third-order valence-corrected chi connectivity index (χ3v) is 5.55. The minimum Gasteiger partial charge on any atom is -0.348 e. The molecule has 0 saturated heterocycles. The van der Waals surface area contributed by atoms with Crippen LogP contribution in [0.3, 0.4) is 0 Å². The molecule has 0 aliphatic rings. The third-order valence-electron chi connectivity index (χ3n) is 4.15. The predicted molar refractivity (Wildman–Crippen MR) is 94.8 cm³/mol. The Morgan fingerprint density at radius 3 is 2.64 bits per heavy atom. The summed E-state index contributed by atoms with van der Waals surface area (Å²) in [6.45, 7) is 2.11. The number of hydrogen-bond donors (Lipinski definition) is 1. The maximum atomic E-state index is 12.4. The Balaban J connectivity index is 1.82. The largest absolute Gasteiger partial charge is 0.348 e. The maximum Gasteiger partial charge on any atom is 0.270 e. The summed E-state index contributed by atoms with van der Waals surface area (Å²) in [5, 5.41) is 11.8. The summed E-state index contributed by atoms with van der Waals surface area (Å²) in [6.07, 6.45) is 0. The summed E-state index contributed by atoms with van der Waals surface area (Å²) in [5.41, 5.74) is 2.74. The first-order valence-corrected chi connectivity index (χ1v) is 9.05. The number of sulfonamides is 1. The van der Waals surface area contributed by atoms with Gasteiger partial charge in [-0.15, -0.1) is 0 Å². The number of nitrogens with zero attached hydrogens (tertiary/aromatic N) is 2. The fraction of sp³-hybridized carbons (Fsp3) is 0.176. The quantitative estimate of drug-likeness (QED) is 0.560. The summed E-state index contributed by atoms with van der Waals surface area (Å²) in [7, 11) is -1.86. The third kappa shape index (κ3) is 3.40. The van der Waals surface area contributed by atoms with Gasteiger partial charge in [-0.2, -0.15) is 0 Å². The second-order valence-electron chi connectivity index (χ2n) is 5.82. The molecule has 0 atom stereocenters. The van der Waals surface area contributed by atoms with Gasteiger partial charge in [0.05, 0.1) is 9.82 Å². The van der Waals surface area contributed by atoms with Crippen molar-refractivity contribution < 1.29 is 13.3 Å². The van der Waals surface area contributed by atoms with E-state index >= 15 is 0 Å². The van der Waals surface area contributed by atoms with Crippen molar-refractivity contribution in [2.24, 2.45) is 7.05 Å². The minimum atomic E-state index is -3.83. The Morgan fingerprint density at radius 1 is 1.16 bits per heavy atom. The zero-order valence-electron chi connectivity index (χ0n) is 13.8. The molecule has 1 aromatic heterocycles. The monoisotopic (exact) mass is 359 g/mol. The summed E-state index contributed by atoms with van der Waals surface area (Å²) in [4.78, 5) is 10.1. The average Bonchev–Trinajstić information content (AvgIpc) is 2.87. The Hall–Kier alpha value is -2.71. The lowest BCUT2D eigenvalue weighted by atomic mass is 10.1. The van der Waals surface area contributed by atoms with Crippen LogP contribution in [-0.2, 0) is 23.6 Å². The molecule has 0 fully saturated rings. The van der Waals surface area contributed by atoms with E-state index in [1.165, 1.54) is 18.2 Å². The lowest BCUT2D eigenvalue weighted by Gasteiger charge is -2.07. The molecule has 0 amide bonds. The predicted octanol–water partition coefficient (Wildman–Crippen LogP) is 2.87. The lowest BCUT2D eigenvalue weighted by Crippen LogP contribution is -2.23. The van der Waals surface area contributed by atoms with Crippen LogP contribution in [-0.4, -0.2) is 17.9 Å². The molecule has 3 rings (SSSR count). The number of rotatable bonds is 5. The Bertz CT molecular complexity index is 1070. The number of aromatic nitrogens is 1. The first kappa shape index (κ1) is 17.1. The molecular weight excluding hydrogens is 342 g/mol. The number of nitro benzene ring substituents is 1. The topological polar surface area (TPSA) is 94.2 Å². The molecule has 1 N–H and O–H groups in total. The molecule has 8 heteroatoms. The van der Waals surface area contributed by atoms with Gasteiger partial charge in [-0.1, -0.05) is 12.1 Å². The van der Waals surface area contributed by atoms with Crippen molar-refractivity contribution in [1.29, 1.82) is 0 Å². The van der Waals surface area contributed by atoms with Gasteiger partial charge in [0.15, 0.2) is 0 Å². The van der Waals surface area contributed by atoms with E-state index in [-0.39, 0.29) is 17.1 Å². The van der Waals surface area contributed by atoms with Crippen LogP contribution >= 0.6 is 0 Å². The van der Waals surface area contributed by atoms with Crippen molar-refractivity contribution in [3.05, 3.63) is 69.9 Å². The molecular formula is C17H17N3O4S. The van der Waals surface area contributed by atoms with Crippen LogP contribution in [0, 0.1) is 17.0 Å². The number of non-ortho nitro benzene ring substituents is 1. The molecule has 0 aliphatic heterocycles. The van der Waals surface area contributed by atoms with E-state index in [9.17, 15) is 18.5 Å². The van der Waals surface area contributed by atoms with Gasteiger partial charge in [0.25, 0.3) is 5.69 Å². The summed E-state index contributed by atoms with van der Waals surface area (Å²) in [6, 6.07) is 12.8. The highest BCUT2D eigenvalue weighted by atomic mass is 32.2. The molecule has 0 unspecified atom stereocenters. The Labute approximate surface area is 145 Å². The SMILES string of the molecule is Cc1cc2cc(CNS(=O)(=O)c3cccc([N+](=O)[O-])c3)ccc2n1C. The van der Waals surface area contributed by atoms with E-state index in [2.05, 4.69) is 9.29 Å². The first-order valence-electron chi connectivity index (χ1n) is 7.57. The highest BCUT2D eigenvalue weighted by Gasteiger charge is 2.17. The number of fused-ring (bicyclic) bond motifs is 1. The second kappa shape index (κ2) is 6.30. The zero-order valence-corrected chi connectivity index (χ0v) is 14.6. The fourth-order valence-corrected chi connectivity index (χ4v) is 3.73. The lowest BCUT2D eigenvalue weighted by molar-refractivity contribution is -0.385.